The Morgan fingerprint density at radius 3 is 2.35 bits per heavy atom. The fourth-order valence-electron chi connectivity index (χ4n) is 1.79. The van der Waals surface area contributed by atoms with Gasteiger partial charge >= 0.3 is 12.3 Å². The summed E-state index contributed by atoms with van der Waals surface area (Å²) in [7, 11) is 0. The molecule has 140 valence electrons. The molecule has 0 fully saturated rings. The molecule has 2 heterocycles. The second-order valence-electron chi connectivity index (χ2n) is 6.16. The molecule has 1 amide bonds. The van der Waals surface area contributed by atoms with E-state index in [9.17, 15) is 18.0 Å². The number of halogens is 4. The third kappa shape index (κ3) is 5.80. The van der Waals surface area contributed by atoms with Crippen molar-refractivity contribution in [3.05, 3.63) is 35.3 Å². The molecular weight excluding hydrogens is 375 g/mol. The van der Waals surface area contributed by atoms with Crippen molar-refractivity contribution in [3.63, 3.8) is 0 Å². The van der Waals surface area contributed by atoms with Gasteiger partial charge in [0, 0.05) is 18.0 Å². The number of aromatic nitrogens is 4. The number of carbonyl (C=O) groups excluding carboxylic acids is 1. The fourth-order valence-corrected chi connectivity index (χ4v) is 1.99. The highest BCUT2D eigenvalue weighted by atomic mass is 35.5. The summed E-state index contributed by atoms with van der Waals surface area (Å²) in [6.45, 7) is 5.15. The van der Waals surface area contributed by atoms with Crippen LogP contribution >= 0.6 is 11.6 Å². The lowest BCUT2D eigenvalue weighted by Crippen LogP contribution is -2.32. The zero-order chi connectivity index (χ0) is 19.5. The highest BCUT2D eigenvalue weighted by molar-refractivity contribution is 6.28. The Labute approximate surface area is 152 Å². The number of rotatable bonds is 3. The molecule has 0 aliphatic rings. The summed E-state index contributed by atoms with van der Waals surface area (Å²) in [6, 6.07) is 1.45. The first-order valence-corrected chi connectivity index (χ1v) is 7.72. The molecule has 0 spiro atoms. The van der Waals surface area contributed by atoms with Gasteiger partial charge < -0.3 is 10.1 Å². The van der Waals surface area contributed by atoms with Crippen molar-refractivity contribution in [1.82, 2.24) is 25.3 Å². The van der Waals surface area contributed by atoms with Crippen LogP contribution in [0, 0.1) is 0 Å². The van der Waals surface area contributed by atoms with E-state index < -0.39 is 23.7 Å². The minimum absolute atomic E-state index is 0.00829. The van der Waals surface area contributed by atoms with Crippen molar-refractivity contribution in [2.45, 2.75) is 39.1 Å². The summed E-state index contributed by atoms with van der Waals surface area (Å²) in [5, 5.41) is 2.36. The van der Waals surface area contributed by atoms with E-state index in [1.165, 1.54) is 6.07 Å². The van der Waals surface area contributed by atoms with E-state index in [0.717, 1.165) is 12.4 Å². The summed E-state index contributed by atoms with van der Waals surface area (Å²) >= 11 is 5.84. The molecule has 0 unspecified atom stereocenters. The van der Waals surface area contributed by atoms with Gasteiger partial charge in [0.05, 0.1) is 17.9 Å². The topological polar surface area (TPSA) is 89.9 Å². The molecule has 0 aromatic carbocycles. The molecule has 2 rings (SSSR count). The lowest BCUT2D eigenvalue weighted by molar-refractivity contribution is -0.145. The summed E-state index contributed by atoms with van der Waals surface area (Å²) in [5.74, 6) is -1.26. The van der Waals surface area contributed by atoms with E-state index in [4.69, 9.17) is 16.3 Å². The molecule has 0 atom stereocenters. The van der Waals surface area contributed by atoms with Crippen LogP contribution in [0.15, 0.2) is 18.5 Å². The lowest BCUT2D eigenvalue weighted by atomic mass is 10.2. The molecule has 0 saturated heterocycles. The van der Waals surface area contributed by atoms with Crippen molar-refractivity contribution in [1.29, 1.82) is 0 Å². The quantitative estimate of drug-likeness (QED) is 0.806. The molecule has 1 N–H and O–H groups in total. The number of hydrogen-bond acceptors (Lipinski definition) is 6. The zero-order valence-electron chi connectivity index (χ0n) is 14.1. The first-order valence-electron chi connectivity index (χ1n) is 7.34. The Balaban J connectivity index is 2.15. The van der Waals surface area contributed by atoms with Gasteiger partial charge in [-0.2, -0.15) is 13.2 Å². The molecule has 0 bridgehead atoms. The molecule has 0 aliphatic heterocycles. The van der Waals surface area contributed by atoms with Crippen molar-refractivity contribution in [2.24, 2.45) is 0 Å². The first kappa shape index (κ1) is 19.8. The summed E-state index contributed by atoms with van der Waals surface area (Å²) in [5.41, 5.74) is 0.127. The second-order valence-corrected chi connectivity index (χ2v) is 6.50. The van der Waals surface area contributed by atoms with Crippen LogP contribution in [0.1, 0.15) is 32.3 Å². The van der Waals surface area contributed by atoms with Gasteiger partial charge in [0.15, 0.2) is 0 Å². The van der Waals surface area contributed by atoms with Crippen LogP contribution in [0.3, 0.4) is 0 Å². The maximum atomic E-state index is 12.5. The largest absolute Gasteiger partial charge is 0.451 e. The number of ether oxygens (including phenoxy) is 1. The van der Waals surface area contributed by atoms with E-state index >= 15 is 0 Å². The van der Waals surface area contributed by atoms with E-state index in [2.05, 4.69) is 25.3 Å². The lowest BCUT2D eigenvalue weighted by Gasteiger charge is -2.19. The number of carbonyl (C=O) groups is 1. The second kappa shape index (κ2) is 7.40. The molecular formula is C15H15ClF3N5O2. The molecule has 7 nitrogen and oxygen atoms in total. The predicted octanol–water partition coefficient (Wildman–Crippen LogP) is 3.63. The number of alkyl halides is 3. The molecule has 0 aliphatic carbocycles. The molecule has 11 heteroatoms. The van der Waals surface area contributed by atoms with Gasteiger partial charge in [-0.05, 0) is 38.4 Å². The average Bonchev–Trinajstić information content (AvgIpc) is 2.50. The van der Waals surface area contributed by atoms with Gasteiger partial charge in [0.25, 0.3) is 0 Å². The van der Waals surface area contributed by atoms with Crippen LogP contribution in [0.5, 0.6) is 0 Å². The smallest absolute Gasteiger partial charge is 0.444 e. The molecule has 0 saturated carbocycles. The van der Waals surface area contributed by atoms with Crippen LogP contribution in [-0.4, -0.2) is 31.6 Å². The molecule has 2 aromatic heterocycles. The van der Waals surface area contributed by atoms with Crippen molar-refractivity contribution in [3.8, 4) is 11.3 Å². The summed E-state index contributed by atoms with van der Waals surface area (Å²) in [4.78, 5) is 26.1. The Morgan fingerprint density at radius 1 is 1.19 bits per heavy atom. The fraction of sp³-hybridized carbons (Fsp3) is 0.400. The summed E-state index contributed by atoms with van der Waals surface area (Å²) < 4.78 is 42.7. The van der Waals surface area contributed by atoms with Crippen LogP contribution in [0.2, 0.25) is 5.28 Å². The Bertz CT molecular complexity index is 791. The maximum Gasteiger partial charge on any atom is 0.451 e. The monoisotopic (exact) mass is 389 g/mol. The van der Waals surface area contributed by atoms with E-state index in [-0.39, 0.29) is 23.1 Å². The average molecular weight is 390 g/mol. The highest BCUT2D eigenvalue weighted by Crippen LogP contribution is 2.27. The Morgan fingerprint density at radius 2 is 1.81 bits per heavy atom. The van der Waals surface area contributed by atoms with Crippen LogP contribution in [-0.2, 0) is 17.5 Å². The maximum absolute atomic E-state index is 12.5. The number of hydrogen-bond donors (Lipinski definition) is 1. The van der Waals surface area contributed by atoms with Gasteiger partial charge in [-0.25, -0.2) is 24.7 Å². The van der Waals surface area contributed by atoms with Gasteiger partial charge in [-0.3, -0.25) is 0 Å². The van der Waals surface area contributed by atoms with Crippen LogP contribution < -0.4 is 5.32 Å². The minimum atomic E-state index is -4.63. The Kier molecular flexibility index (Phi) is 5.65. The zero-order valence-corrected chi connectivity index (χ0v) is 14.8. The summed E-state index contributed by atoms with van der Waals surface area (Å²) in [6.07, 6.45) is -3.31. The third-order valence-corrected chi connectivity index (χ3v) is 2.93. The van der Waals surface area contributed by atoms with Crippen LogP contribution in [0.25, 0.3) is 11.3 Å². The normalized spacial score (nSPS) is 12.0. The van der Waals surface area contributed by atoms with E-state index in [0.29, 0.717) is 5.69 Å². The Hall–Kier alpha value is -2.49. The van der Waals surface area contributed by atoms with Gasteiger partial charge in [0.1, 0.15) is 5.60 Å². The molecule has 2 aromatic rings. The van der Waals surface area contributed by atoms with Crippen molar-refractivity contribution in [2.75, 3.05) is 0 Å². The standard InChI is InChI=1S/C15H15ClF3N5O2/c1-14(2,3)26-13(25)22-7-9-4-10(24-12(16)23-9)8-5-20-11(21-6-8)15(17,18)19/h4-6H,7H2,1-3H3,(H,22,25). The number of nitrogens with one attached hydrogen (secondary N) is 1. The van der Waals surface area contributed by atoms with Gasteiger partial charge in [-0.15, -0.1) is 0 Å². The molecule has 26 heavy (non-hydrogen) atoms. The minimum Gasteiger partial charge on any atom is -0.444 e. The van der Waals surface area contributed by atoms with Crippen molar-refractivity contribution >= 4 is 17.7 Å². The van der Waals surface area contributed by atoms with Gasteiger partial charge in [-0.1, -0.05) is 0 Å². The third-order valence-electron chi connectivity index (χ3n) is 2.77. The SMILES string of the molecule is CC(C)(C)OC(=O)NCc1cc(-c2cnc(C(F)(F)F)nc2)nc(Cl)n1. The van der Waals surface area contributed by atoms with Crippen molar-refractivity contribution < 1.29 is 22.7 Å². The predicted molar refractivity (Wildman–Crippen MR) is 86.1 cm³/mol. The highest BCUT2D eigenvalue weighted by Gasteiger charge is 2.34. The number of nitrogens with zero attached hydrogens (tertiary/aromatic N) is 4. The van der Waals surface area contributed by atoms with E-state index in [1.54, 1.807) is 20.8 Å². The molecule has 0 radical (unpaired) electrons. The number of alkyl carbamates (subject to hydrolysis) is 1. The first-order chi connectivity index (χ1) is 11.9. The van der Waals surface area contributed by atoms with Gasteiger partial charge in [0.2, 0.25) is 11.1 Å². The van der Waals surface area contributed by atoms with E-state index in [1.807, 2.05) is 0 Å². The number of amides is 1. The van der Waals surface area contributed by atoms with Crippen LogP contribution in [0.4, 0.5) is 18.0 Å².